The van der Waals surface area contributed by atoms with E-state index in [4.69, 9.17) is 22.3 Å². The smallest absolute Gasteiger partial charge is 0.327 e. The molecule has 0 aliphatic carbocycles. The Balaban J connectivity index is 2.13. The van der Waals surface area contributed by atoms with Gasteiger partial charge in [0.2, 0.25) is 23.6 Å². The van der Waals surface area contributed by atoms with Gasteiger partial charge in [0, 0.05) is 22.9 Å². The number of nitrogens with two attached hydrogens (primary N) is 3. The van der Waals surface area contributed by atoms with E-state index in [9.17, 15) is 24.0 Å². The molecule has 0 fully saturated rings. The van der Waals surface area contributed by atoms with Crippen LogP contribution in [0.15, 0.2) is 30.5 Å². The molecule has 1 aromatic heterocycles. The third-order valence-electron chi connectivity index (χ3n) is 5.87. The molecule has 0 spiro atoms. The van der Waals surface area contributed by atoms with Crippen LogP contribution in [0.5, 0.6) is 0 Å². The van der Waals surface area contributed by atoms with Gasteiger partial charge in [0.25, 0.3) is 0 Å². The van der Waals surface area contributed by atoms with Crippen molar-refractivity contribution < 1.29 is 29.1 Å². The molecule has 11 N–H and O–H groups in total. The van der Waals surface area contributed by atoms with Crippen molar-refractivity contribution in [1.29, 1.82) is 0 Å². The number of H-pyrrole nitrogens is 1. The summed E-state index contributed by atoms with van der Waals surface area (Å²) < 4.78 is 0. The second-order valence-corrected chi connectivity index (χ2v) is 9.19. The number of unbranched alkanes of at least 4 members (excludes halogenated alkanes) is 1. The highest BCUT2D eigenvalue weighted by Gasteiger charge is 2.31. The Hall–Kier alpha value is -3.62. The van der Waals surface area contributed by atoms with Crippen LogP contribution >= 0.6 is 12.6 Å². The molecular weight excluding hydrogens is 514 g/mol. The number of nitrogens with one attached hydrogen (secondary N) is 4. The van der Waals surface area contributed by atoms with E-state index in [0.29, 0.717) is 19.4 Å². The van der Waals surface area contributed by atoms with Gasteiger partial charge in [0.15, 0.2) is 0 Å². The van der Waals surface area contributed by atoms with Gasteiger partial charge < -0.3 is 43.2 Å². The SMILES string of the molecule is NCCCCC(NC(=O)C(N)Cc1c[nH]c2ccccc12)C(=O)NC(CC(N)=O)C(=O)NC(CS)C(=O)O. The number of aromatic amines is 1. The second-order valence-electron chi connectivity index (χ2n) is 8.83. The predicted molar refractivity (Wildman–Crippen MR) is 144 cm³/mol. The van der Waals surface area contributed by atoms with Gasteiger partial charge in [-0.1, -0.05) is 18.2 Å². The van der Waals surface area contributed by atoms with Crippen molar-refractivity contribution in [2.75, 3.05) is 12.3 Å². The van der Waals surface area contributed by atoms with E-state index in [2.05, 4.69) is 33.6 Å². The standard InChI is InChI=1S/C24H35N7O6S/c25-8-4-3-7-17(22(34)30-18(10-20(27)32)23(35)31-19(12-38)24(36)37)29-21(33)15(26)9-13-11-28-16-6-2-1-5-14(13)16/h1-2,5-6,11,15,17-19,28,38H,3-4,7-10,12,25-26H2,(H2,27,32)(H,29,33)(H,30,34)(H,31,35)(H,36,37). The predicted octanol–water partition coefficient (Wildman–Crippen LogP) is -1.49. The van der Waals surface area contributed by atoms with Crippen LogP contribution in [-0.2, 0) is 30.4 Å². The molecule has 4 amide bonds. The highest BCUT2D eigenvalue weighted by atomic mass is 32.1. The summed E-state index contributed by atoms with van der Waals surface area (Å²) in [5.74, 6) is -4.72. The first-order valence-electron chi connectivity index (χ1n) is 12.1. The van der Waals surface area contributed by atoms with E-state index in [1.807, 2.05) is 24.3 Å². The highest BCUT2D eigenvalue weighted by molar-refractivity contribution is 7.80. The minimum Gasteiger partial charge on any atom is -0.480 e. The van der Waals surface area contributed by atoms with Gasteiger partial charge in [-0.05, 0) is 43.9 Å². The third kappa shape index (κ3) is 9.04. The van der Waals surface area contributed by atoms with Crippen LogP contribution < -0.4 is 33.2 Å². The summed E-state index contributed by atoms with van der Waals surface area (Å²) in [5, 5.41) is 17.3. The number of carboxylic acids is 1. The van der Waals surface area contributed by atoms with Crippen molar-refractivity contribution in [1.82, 2.24) is 20.9 Å². The zero-order chi connectivity index (χ0) is 28.2. The van der Waals surface area contributed by atoms with Gasteiger partial charge in [-0.3, -0.25) is 19.2 Å². The van der Waals surface area contributed by atoms with Gasteiger partial charge in [0.05, 0.1) is 12.5 Å². The Morgan fingerprint density at radius 1 is 0.947 bits per heavy atom. The maximum atomic E-state index is 13.1. The van der Waals surface area contributed by atoms with Crippen LogP contribution in [-0.4, -0.2) is 76.2 Å². The maximum absolute atomic E-state index is 13.1. The van der Waals surface area contributed by atoms with Crippen molar-refractivity contribution in [3.63, 3.8) is 0 Å². The molecule has 0 bridgehead atoms. The van der Waals surface area contributed by atoms with E-state index >= 15 is 0 Å². The normalized spacial score (nSPS) is 14.2. The molecule has 0 aliphatic heterocycles. The van der Waals surface area contributed by atoms with Crippen molar-refractivity contribution >= 4 is 53.1 Å². The van der Waals surface area contributed by atoms with Crippen molar-refractivity contribution in [3.8, 4) is 0 Å². The number of rotatable bonds is 16. The highest BCUT2D eigenvalue weighted by Crippen LogP contribution is 2.19. The molecule has 0 saturated heterocycles. The van der Waals surface area contributed by atoms with Crippen LogP contribution in [0, 0.1) is 0 Å². The lowest BCUT2D eigenvalue weighted by molar-refractivity contribution is -0.141. The zero-order valence-corrected chi connectivity index (χ0v) is 21.7. The summed E-state index contributed by atoms with van der Waals surface area (Å²) in [6.07, 6.45) is 2.65. The van der Waals surface area contributed by atoms with Crippen molar-refractivity contribution in [2.45, 2.75) is 56.3 Å². The summed E-state index contributed by atoms with van der Waals surface area (Å²) in [6.45, 7) is 0.370. The lowest BCUT2D eigenvalue weighted by Crippen LogP contribution is -2.58. The van der Waals surface area contributed by atoms with E-state index in [1.165, 1.54) is 0 Å². The third-order valence-corrected chi connectivity index (χ3v) is 6.23. The fraction of sp³-hybridized carbons (Fsp3) is 0.458. The molecule has 1 aromatic carbocycles. The van der Waals surface area contributed by atoms with E-state index < -0.39 is 60.2 Å². The number of fused-ring (bicyclic) bond motifs is 1. The number of hydrogen-bond donors (Lipinski definition) is 9. The van der Waals surface area contributed by atoms with Gasteiger partial charge in [-0.15, -0.1) is 0 Å². The molecule has 1 heterocycles. The van der Waals surface area contributed by atoms with Crippen LogP contribution in [0.2, 0.25) is 0 Å². The van der Waals surface area contributed by atoms with E-state index in [-0.39, 0.29) is 18.6 Å². The summed E-state index contributed by atoms with van der Waals surface area (Å²) in [7, 11) is 0. The summed E-state index contributed by atoms with van der Waals surface area (Å²) in [5.41, 5.74) is 18.7. The molecule has 13 nitrogen and oxygen atoms in total. The number of carbonyl (C=O) groups is 5. The topological polar surface area (TPSA) is 236 Å². The number of amides is 4. The Kier molecular flexibility index (Phi) is 12.0. The minimum absolute atomic E-state index is 0.188. The lowest BCUT2D eigenvalue weighted by Gasteiger charge is -2.24. The molecule has 0 radical (unpaired) electrons. The van der Waals surface area contributed by atoms with Crippen LogP contribution in [0.25, 0.3) is 10.9 Å². The quantitative estimate of drug-likeness (QED) is 0.0881. The summed E-state index contributed by atoms with van der Waals surface area (Å²) in [6, 6.07) is 2.68. The summed E-state index contributed by atoms with van der Waals surface area (Å²) in [4.78, 5) is 64.6. The largest absolute Gasteiger partial charge is 0.480 e. The van der Waals surface area contributed by atoms with Gasteiger partial charge >= 0.3 is 5.97 Å². The maximum Gasteiger partial charge on any atom is 0.327 e. The molecule has 208 valence electrons. The molecule has 0 saturated carbocycles. The lowest BCUT2D eigenvalue weighted by atomic mass is 10.0. The first-order chi connectivity index (χ1) is 18.1. The van der Waals surface area contributed by atoms with E-state index in [0.717, 1.165) is 16.5 Å². The molecule has 4 atom stereocenters. The molecule has 2 rings (SSSR count). The molecule has 4 unspecified atom stereocenters. The average Bonchev–Trinajstić information content (AvgIpc) is 3.28. The molecule has 0 aliphatic rings. The van der Waals surface area contributed by atoms with Crippen LogP contribution in [0.4, 0.5) is 0 Å². The van der Waals surface area contributed by atoms with Gasteiger partial charge in [-0.25, -0.2) is 4.79 Å². The first kappa shape index (κ1) is 30.6. The van der Waals surface area contributed by atoms with Crippen LogP contribution in [0.1, 0.15) is 31.2 Å². The Morgan fingerprint density at radius 3 is 2.21 bits per heavy atom. The molecular formula is C24H35N7O6S. The number of carbonyl (C=O) groups excluding carboxylic acids is 4. The zero-order valence-electron chi connectivity index (χ0n) is 20.8. The van der Waals surface area contributed by atoms with Crippen molar-refractivity contribution in [2.24, 2.45) is 17.2 Å². The molecule has 14 heteroatoms. The van der Waals surface area contributed by atoms with Gasteiger partial charge in [-0.2, -0.15) is 12.6 Å². The van der Waals surface area contributed by atoms with E-state index in [1.54, 1.807) is 6.20 Å². The van der Waals surface area contributed by atoms with Gasteiger partial charge in [0.1, 0.15) is 18.1 Å². The van der Waals surface area contributed by atoms with Crippen molar-refractivity contribution in [3.05, 3.63) is 36.0 Å². The number of para-hydroxylation sites is 1. The Morgan fingerprint density at radius 2 is 1.58 bits per heavy atom. The Bertz CT molecular complexity index is 1140. The first-order valence-corrected chi connectivity index (χ1v) is 12.7. The number of benzene rings is 1. The number of thiol groups is 1. The average molecular weight is 550 g/mol. The number of primary amides is 1. The second kappa shape index (κ2) is 15.0. The number of aromatic nitrogens is 1. The molecule has 2 aromatic rings. The Labute approximate surface area is 225 Å². The van der Waals surface area contributed by atoms with Crippen LogP contribution in [0.3, 0.4) is 0 Å². The fourth-order valence-electron chi connectivity index (χ4n) is 3.81. The monoisotopic (exact) mass is 549 g/mol. The number of aliphatic carboxylic acids is 1. The fourth-order valence-corrected chi connectivity index (χ4v) is 4.06. The number of carboxylic acid groups (broad SMARTS) is 1. The number of hydrogen-bond acceptors (Lipinski definition) is 8. The summed E-state index contributed by atoms with van der Waals surface area (Å²) >= 11 is 3.88. The molecule has 38 heavy (non-hydrogen) atoms. The minimum atomic E-state index is -1.46.